The summed E-state index contributed by atoms with van der Waals surface area (Å²) >= 11 is 0. The summed E-state index contributed by atoms with van der Waals surface area (Å²) in [4.78, 5) is 10.9. The molecule has 1 unspecified atom stereocenters. The number of hydrogen-bond acceptors (Lipinski definition) is 2. The molecule has 2 aliphatic carbocycles. The minimum atomic E-state index is -0.646. The maximum atomic E-state index is 10.9. The standard InChI is InChI=1S/C14H22O3/c15-12(4-1-3-11-6-7-11)5-2-8-14(9-10-14)13(16)17/h6,12,15H,1-5,7-10H2,(H,16,17). The van der Waals surface area contributed by atoms with Crippen molar-refractivity contribution < 1.29 is 15.0 Å². The number of aliphatic hydroxyl groups is 1. The zero-order chi connectivity index (χ0) is 12.3. The number of carbonyl (C=O) groups is 1. The lowest BCUT2D eigenvalue weighted by atomic mass is 9.96. The molecule has 0 bridgehead atoms. The summed E-state index contributed by atoms with van der Waals surface area (Å²) in [6, 6.07) is 0. The lowest BCUT2D eigenvalue weighted by Crippen LogP contribution is -2.15. The Morgan fingerprint density at radius 3 is 2.53 bits per heavy atom. The van der Waals surface area contributed by atoms with E-state index in [9.17, 15) is 9.90 Å². The third kappa shape index (κ3) is 3.84. The molecule has 2 rings (SSSR count). The van der Waals surface area contributed by atoms with Gasteiger partial charge in [0.15, 0.2) is 0 Å². The van der Waals surface area contributed by atoms with Gasteiger partial charge in [0, 0.05) is 0 Å². The molecule has 96 valence electrons. The van der Waals surface area contributed by atoms with E-state index in [-0.39, 0.29) is 6.10 Å². The molecule has 1 saturated carbocycles. The minimum absolute atomic E-state index is 0.237. The summed E-state index contributed by atoms with van der Waals surface area (Å²) in [6.45, 7) is 0. The van der Waals surface area contributed by atoms with E-state index >= 15 is 0 Å². The normalized spacial score (nSPS) is 21.8. The van der Waals surface area contributed by atoms with Gasteiger partial charge in [-0.1, -0.05) is 11.6 Å². The SMILES string of the molecule is O=C(O)C1(CCCC(O)CCCC2=CC2)CC1. The van der Waals surface area contributed by atoms with Crippen LogP contribution >= 0.6 is 0 Å². The fourth-order valence-electron chi connectivity index (χ4n) is 2.38. The molecule has 0 spiro atoms. The molecule has 0 radical (unpaired) electrons. The Labute approximate surface area is 103 Å². The average Bonchev–Trinajstić information content (AvgIpc) is 3.12. The van der Waals surface area contributed by atoms with E-state index in [1.54, 1.807) is 0 Å². The van der Waals surface area contributed by atoms with Gasteiger partial charge in [0.25, 0.3) is 0 Å². The maximum Gasteiger partial charge on any atom is 0.309 e. The first-order valence-corrected chi connectivity index (χ1v) is 6.72. The summed E-state index contributed by atoms with van der Waals surface area (Å²) in [5.41, 5.74) is 1.11. The van der Waals surface area contributed by atoms with Crippen molar-refractivity contribution in [2.45, 2.75) is 63.9 Å². The van der Waals surface area contributed by atoms with Crippen LogP contribution < -0.4 is 0 Å². The van der Waals surface area contributed by atoms with Crippen LogP contribution in [0.25, 0.3) is 0 Å². The van der Waals surface area contributed by atoms with Crippen molar-refractivity contribution in [3.8, 4) is 0 Å². The van der Waals surface area contributed by atoms with Crippen LogP contribution in [-0.2, 0) is 4.79 Å². The van der Waals surface area contributed by atoms with E-state index in [4.69, 9.17) is 5.11 Å². The molecule has 2 aliphatic rings. The Balaban J connectivity index is 1.52. The van der Waals surface area contributed by atoms with Crippen LogP contribution in [0, 0.1) is 5.41 Å². The van der Waals surface area contributed by atoms with Crippen LogP contribution in [0.15, 0.2) is 11.6 Å². The molecular formula is C14H22O3. The van der Waals surface area contributed by atoms with Crippen molar-refractivity contribution in [2.75, 3.05) is 0 Å². The first kappa shape index (κ1) is 12.6. The first-order chi connectivity index (χ1) is 8.12. The van der Waals surface area contributed by atoms with Gasteiger partial charge >= 0.3 is 5.97 Å². The van der Waals surface area contributed by atoms with Crippen LogP contribution in [0.4, 0.5) is 0 Å². The van der Waals surface area contributed by atoms with E-state index in [0.717, 1.165) is 51.4 Å². The van der Waals surface area contributed by atoms with Crippen LogP contribution in [0.2, 0.25) is 0 Å². The molecule has 1 fully saturated rings. The number of rotatable bonds is 9. The lowest BCUT2D eigenvalue weighted by Gasteiger charge is -2.12. The number of aliphatic hydroxyl groups excluding tert-OH is 1. The molecule has 2 N–H and O–H groups in total. The van der Waals surface area contributed by atoms with Gasteiger partial charge in [-0.15, -0.1) is 0 Å². The largest absolute Gasteiger partial charge is 0.481 e. The smallest absolute Gasteiger partial charge is 0.309 e. The molecule has 0 saturated heterocycles. The second-order valence-electron chi connectivity index (χ2n) is 5.59. The van der Waals surface area contributed by atoms with Crippen molar-refractivity contribution in [1.82, 2.24) is 0 Å². The molecule has 17 heavy (non-hydrogen) atoms. The van der Waals surface area contributed by atoms with Crippen molar-refractivity contribution in [3.05, 3.63) is 11.6 Å². The third-order valence-corrected chi connectivity index (χ3v) is 4.03. The number of aliphatic carboxylic acids is 1. The van der Waals surface area contributed by atoms with Crippen molar-refractivity contribution in [1.29, 1.82) is 0 Å². The Morgan fingerprint density at radius 1 is 1.35 bits per heavy atom. The van der Waals surface area contributed by atoms with Crippen molar-refractivity contribution >= 4 is 5.97 Å². The van der Waals surface area contributed by atoms with Gasteiger partial charge in [0.05, 0.1) is 11.5 Å². The number of carboxylic acid groups (broad SMARTS) is 1. The highest BCUT2D eigenvalue weighted by atomic mass is 16.4. The number of carboxylic acids is 1. The molecule has 0 amide bonds. The van der Waals surface area contributed by atoms with Gasteiger partial charge in [0.1, 0.15) is 0 Å². The highest BCUT2D eigenvalue weighted by molar-refractivity contribution is 5.77. The van der Waals surface area contributed by atoms with E-state index in [2.05, 4.69) is 6.08 Å². The second-order valence-corrected chi connectivity index (χ2v) is 5.59. The Bertz CT molecular complexity index is 315. The fourth-order valence-corrected chi connectivity index (χ4v) is 2.38. The molecule has 3 heteroatoms. The predicted octanol–water partition coefficient (Wildman–Crippen LogP) is 2.88. The van der Waals surface area contributed by atoms with E-state index < -0.39 is 11.4 Å². The van der Waals surface area contributed by atoms with E-state index in [0.29, 0.717) is 0 Å². The van der Waals surface area contributed by atoms with E-state index in [1.165, 1.54) is 12.0 Å². The topological polar surface area (TPSA) is 57.5 Å². The second kappa shape index (κ2) is 5.21. The van der Waals surface area contributed by atoms with Gasteiger partial charge in [-0.3, -0.25) is 4.79 Å². The highest BCUT2D eigenvalue weighted by Gasteiger charge is 2.49. The Hall–Kier alpha value is -0.830. The van der Waals surface area contributed by atoms with Crippen LogP contribution in [0.1, 0.15) is 57.8 Å². The Kier molecular flexibility index (Phi) is 3.87. The highest BCUT2D eigenvalue weighted by Crippen LogP contribution is 2.50. The quantitative estimate of drug-likeness (QED) is 0.607. The monoisotopic (exact) mass is 238 g/mol. The minimum Gasteiger partial charge on any atom is -0.481 e. The van der Waals surface area contributed by atoms with Crippen LogP contribution in [-0.4, -0.2) is 22.3 Å². The van der Waals surface area contributed by atoms with E-state index in [1.807, 2.05) is 0 Å². The van der Waals surface area contributed by atoms with Crippen molar-refractivity contribution in [2.24, 2.45) is 5.41 Å². The van der Waals surface area contributed by atoms with Gasteiger partial charge < -0.3 is 10.2 Å². The molecular weight excluding hydrogens is 216 g/mol. The Morgan fingerprint density at radius 2 is 2.00 bits per heavy atom. The average molecular weight is 238 g/mol. The van der Waals surface area contributed by atoms with Gasteiger partial charge in [0.2, 0.25) is 0 Å². The van der Waals surface area contributed by atoms with Crippen molar-refractivity contribution in [3.63, 3.8) is 0 Å². The third-order valence-electron chi connectivity index (χ3n) is 4.03. The van der Waals surface area contributed by atoms with Gasteiger partial charge in [-0.25, -0.2) is 0 Å². The summed E-state index contributed by atoms with van der Waals surface area (Å²) in [5.74, 6) is -0.646. The molecule has 0 heterocycles. The molecule has 0 aromatic heterocycles. The van der Waals surface area contributed by atoms with Crippen LogP contribution in [0.5, 0.6) is 0 Å². The van der Waals surface area contributed by atoms with Gasteiger partial charge in [-0.05, 0) is 57.8 Å². The summed E-state index contributed by atoms with van der Waals surface area (Å²) in [7, 11) is 0. The van der Waals surface area contributed by atoms with Crippen LogP contribution in [0.3, 0.4) is 0 Å². The first-order valence-electron chi connectivity index (χ1n) is 6.72. The molecule has 3 nitrogen and oxygen atoms in total. The maximum absolute atomic E-state index is 10.9. The molecule has 0 aromatic rings. The molecule has 0 aliphatic heterocycles. The number of allylic oxidation sites excluding steroid dienone is 2. The summed E-state index contributed by atoms with van der Waals surface area (Å²) in [6.07, 6.45) is 10.2. The predicted molar refractivity (Wildman–Crippen MR) is 65.7 cm³/mol. The zero-order valence-corrected chi connectivity index (χ0v) is 10.3. The van der Waals surface area contributed by atoms with Gasteiger partial charge in [-0.2, -0.15) is 0 Å². The molecule has 0 aromatic carbocycles. The summed E-state index contributed by atoms with van der Waals surface area (Å²) in [5, 5.41) is 18.8. The number of hydrogen-bond donors (Lipinski definition) is 2. The summed E-state index contributed by atoms with van der Waals surface area (Å²) < 4.78 is 0. The fraction of sp³-hybridized carbons (Fsp3) is 0.786. The zero-order valence-electron chi connectivity index (χ0n) is 10.3. The molecule has 1 atom stereocenters. The lowest BCUT2D eigenvalue weighted by molar-refractivity contribution is -0.143.